The molecule has 0 atom stereocenters. The summed E-state index contributed by atoms with van der Waals surface area (Å²) in [5.74, 6) is 0. The molecule has 88 valence electrons. The first-order valence-electron chi connectivity index (χ1n) is 5.74. The minimum absolute atomic E-state index is 0.235. The Balaban J connectivity index is 2.19. The summed E-state index contributed by atoms with van der Waals surface area (Å²) >= 11 is 0. The van der Waals surface area contributed by atoms with Crippen molar-refractivity contribution in [1.29, 1.82) is 5.26 Å². The normalized spacial score (nSPS) is 19.4. The number of nitrogens with zero attached hydrogens (tertiary/aromatic N) is 2. The van der Waals surface area contributed by atoms with Crippen molar-refractivity contribution in [2.45, 2.75) is 25.9 Å². The van der Waals surface area contributed by atoms with Crippen LogP contribution in [0.5, 0.6) is 0 Å². The lowest BCUT2D eigenvalue weighted by Gasteiger charge is -2.32. The van der Waals surface area contributed by atoms with Crippen molar-refractivity contribution in [3.8, 4) is 6.07 Å². The SMILES string of the molecule is CC1(C)C(N)=C(C#N)CN1Cc1ccccc1. The summed E-state index contributed by atoms with van der Waals surface area (Å²) in [5.41, 5.74) is 8.44. The van der Waals surface area contributed by atoms with Gasteiger partial charge in [-0.1, -0.05) is 30.3 Å². The van der Waals surface area contributed by atoms with Crippen LogP contribution in [0.2, 0.25) is 0 Å². The second kappa shape index (κ2) is 4.23. The van der Waals surface area contributed by atoms with E-state index in [4.69, 9.17) is 11.0 Å². The molecule has 2 rings (SSSR count). The first-order chi connectivity index (χ1) is 8.05. The van der Waals surface area contributed by atoms with Gasteiger partial charge in [-0.3, -0.25) is 4.90 Å². The van der Waals surface area contributed by atoms with Gasteiger partial charge in [0.2, 0.25) is 0 Å². The van der Waals surface area contributed by atoms with E-state index in [1.165, 1.54) is 5.56 Å². The highest BCUT2D eigenvalue weighted by Gasteiger charge is 2.37. The van der Waals surface area contributed by atoms with Gasteiger partial charge in [0.05, 0.1) is 17.2 Å². The van der Waals surface area contributed by atoms with E-state index in [2.05, 4.69) is 36.9 Å². The highest BCUT2D eigenvalue weighted by atomic mass is 15.2. The number of benzene rings is 1. The zero-order valence-corrected chi connectivity index (χ0v) is 10.3. The molecule has 1 heterocycles. The molecule has 0 radical (unpaired) electrons. The van der Waals surface area contributed by atoms with Crippen molar-refractivity contribution in [1.82, 2.24) is 4.90 Å². The first-order valence-corrected chi connectivity index (χ1v) is 5.74. The van der Waals surface area contributed by atoms with E-state index in [0.29, 0.717) is 17.8 Å². The van der Waals surface area contributed by atoms with Gasteiger partial charge in [-0.25, -0.2) is 0 Å². The Morgan fingerprint density at radius 1 is 1.35 bits per heavy atom. The van der Waals surface area contributed by atoms with Crippen molar-refractivity contribution in [2.24, 2.45) is 5.73 Å². The third kappa shape index (κ3) is 2.04. The van der Waals surface area contributed by atoms with Crippen LogP contribution in [0.15, 0.2) is 41.6 Å². The number of rotatable bonds is 2. The maximum atomic E-state index is 9.04. The van der Waals surface area contributed by atoms with Crippen molar-refractivity contribution in [3.63, 3.8) is 0 Å². The Morgan fingerprint density at radius 3 is 2.53 bits per heavy atom. The van der Waals surface area contributed by atoms with E-state index in [-0.39, 0.29) is 5.54 Å². The van der Waals surface area contributed by atoms with E-state index >= 15 is 0 Å². The molecule has 2 N–H and O–H groups in total. The maximum absolute atomic E-state index is 9.04. The molecule has 0 bridgehead atoms. The fourth-order valence-corrected chi connectivity index (χ4v) is 2.17. The third-order valence-corrected chi connectivity index (χ3v) is 3.48. The summed E-state index contributed by atoms with van der Waals surface area (Å²) in [6, 6.07) is 12.4. The molecule has 3 heteroatoms. The van der Waals surface area contributed by atoms with Crippen molar-refractivity contribution >= 4 is 0 Å². The third-order valence-electron chi connectivity index (χ3n) is 3.48. The summed E-state index contributed by atoms with van der Waals surface area (Å²) in [6.45, 7) is 5.59. The number of hydrogen-bond acceptors (Lipinski definition) is 3. The fraction of sp³-hybridized carbons (Fsp3) is 0.357. The van der Waals surface area contributed by atoms with Crippen molar-refractivity contribution < 1.29 is 0 Å². The molecule has 1 aliphatic heterocycles. The van der Waals surface area contributed by atoms with Gasteiger partial charge in [-0.2, -0.15) is 5.26 Å². The van der Waals surface area contributed by atoms with Crippen LogP contribution in [0.3, 0.4) is 0 Å². The van der Waals surface area contributed by atoms with Gasteiger partial charge >= 0.3 is 0 Å². The number of nitriles is 1. The molecule has 0 saturated carbocycles. The van der Waals surface area contributed by atoms with Gasteiger partial charge in [-0.05, 0) is 19.4 Å². The first kappa shape index (κ1) is 11.7. The van der Waals surface area contributed by atoms with Gasteiger partial charge in [0.15, 0.2) is 0 Å². The molecule has 3 nitrogen and oxygen atoms in total. The molecule has 1 aromatic carbocycles. The highest BCUT2D eigenvalue weighted by Crippen LogP contribution is 2.31. The smallest absolute Gasteiger partial charge is 0.0979 e. The lowest BCUT2D eigenvalue weighted by Crippen LogP contribution is -2.42. The van der Waals surface area contributed by atoms with E-state index in [0.717, 1.165) is 6.54 Å². The molecule has 1 aromatic rings. The Kier molecular flexibility index (Phi) is 2.91. The van der Waals surface area contributed by atoms with E-state index < -0.39 is 0 Å². The van der Waals surface area contributed by atoms with Crippen LogP contribution in [-0.2, 0) is 6.54 Å². The fourth-order valence-electron chi connectivity index (χ4n) is 2.17. The zero-order valence-electron chi connectivity index (χ0n) is 10.3. The number of nitrogens with two attached hydrogens (primary N) is 1. The van der Waals surface area contributed by atoms with E-state index in [1.54, 1.807) is 0 Å². The predicted octanol–water partition coefficient (Wildman–Crippen LogP) is 2.02. The molecule has 0 amide bonds. The monoisotopic (exact) mass is 227 g/mol. The molecule has 17 heavy (non-hydrogen) atoms. The standard InChI is InChI=1S/C14H17N3/c1-14(2)13(16)12(8-15)10-17(14)9-11-6-4-3-5-7-11/h3-7H,9-10,16H2,1-2H3. The summed E-state index contributed by atoms with van der Waals surface area (Å²) in [4.78, 5) is 2.23. The lowest BCUT2D eigenvalue weighted by molar-refractivity contribution is 0.180. The molecule has 0 aromatic heterocycles. The molecule has 0 aliphatic carbocycles. The molecule has 0 spiro atoms. The summed E-state index contributed by atoms with van der Waals surface area (Å²) in [6.07, 6.45) is 0. The molecule has 0 unspecified atom stereocenters. The van der Waals surface area contributed by atoms with Crippen LogP contribution in [0, 0.1) is 11.3 Å². The molecular weight excluding hydrogens is 210 g/mol. The predicted molar refractivity (Wildman–Crippen MR) is 67.8 cm³/mol. The van der Waals surface area contributed by atoms with Gasteiger partial charge < -0.3 is 5.73 Å². The van der Waals surface area contributed by atoms with Gasteiger partial charge in [0.25, 0.3) is 0 Å². The largest absolute Gasteiger partial charge is 0.400 e. The van der Waals surface area contributed by atoms with Crippen molar-refractivity contribution in [2.75, 3.05) is 6.54 Å². The molecule has 0 fully saturated rings. The summed E-state index contributed by atoms with van der Waals surface area (Å²) in [7, 11) is 0. The topological polar surface area (TPSA) is 53.1 Å². The quantitative estimate of drug-likeness (QED) is 0.841. The average molecular weight is 227 g/mol. The molecular formula is C14H17N3. The van der Waals surface area contributed by atoms with Crippen LogP contribution in [0.1, 0.15) is 19.4 Å². The maximum Gasteiger partial charge on any atom is 0.0979 e. The van der Waals surface area contributed by atoms with Crippen LogP contribution < -0.4 is 5.73 Å². The van der Waals surface area contributed by atoms with Gasteiger partial charge in [-0.15, -0.1) is 0 Å². The van der Waals surface area contributed by atoms with E-state index in [9.17, 15) is 0 Å². The van der Waals surface area contributed by atoms with Crippen LogP contribution in [0.4, 0.5) is 0 Å². The minimum Gasteiger partial charge on any atom is -0.400 e. The van der Waals surface area contributed by atoms with E-state index in [1.807, 2.05) is 18.2 Å². The minimum atomic E-state index is -0.235. The van der Waals surface area contributed by atoms with Crippen LogP contribution >= 0.6 is 0 Å². The van der Waals surface area contributed by atoms with Crippen LogP contribution in [-0.4, -0.2) is 17.0 Å². The molecule has 1 aliphatic rings. The van der Waals surface area contributed by atoms with Gasteiger partial charge in [0.1, 0.15) is 0 Å². The molecule has 0 saturated heterocycles. The Labute approximate surface area is 102 Å². The summed E-state index contributed by atoms with van der Waals surface area (Å²) in [5, 5.41) is 9.04. The second-order valence-electron chi connectivity index (χ2n) is 4.90. The van der Waals surface area contributed by atoms with Crippen molar-refractivity contribution in [3.05, 3.63) is 47.2 Å². The van der Waals surface area contributed by atoms with Crippen LogP contribution in [0.25, 0.3) is 0 Å². The Bertz CT molecular complexity index is 480. The average Bonchev–Trinajstić information content (AvgIpc) is 2.54. The Morgan fingerprint density at radius 2 is 2.00 bits per heavy atom. The van der Waals surface area contributed by atoms with Gasteiger partial charge in [0, 0.05) is 18.8 Å². The Hall–Kier alpha value is -1.79. The highest BCUT2D eigenvalue weighted by molar-refractivity contribution is 5.39. The number of hydrogen-bond donors (Lipinski definition) is 1. The zero-order chi connectivity index (χ0) is 12.5. The summed E-state index contributed by atoms with van der Waals surface area (Å²) < 4.78 is 0. The lowest BCUT2D eigenvalue weighted by atomic mass is 10.00. The second-order valence-corrected chi connectivity index (χ2v) is 4.90.